The molecule has 0 aliphatic carbocycles. The molecule has 0 radical (unpaired) electrons. The third-order valence-electron chi connectivity index (χ3n) is 1.82. The topological polar surface area (TPSA) is 78.9 Å². The van der Waals surface area contributed by atoms with Gasteiger partial charge in [0.1, 0.15) is 5.03 Å². The number of hydrogen-bond acceptors (Lipinski definition) is 4. The van der Waals surface area contributed by atoms with E-state index in [2.05, 4.69) is 15.2 Å². The predicted molar refractivity (Wildman–Crippen MR) is 52.6 cm³/mol. The van der Waals surface area contributed by atoms with E-state index in [1.165, 1.54) is 18.0 Å². The van der Waals surface area contributed by atoms with Crippen LogP contribution in [-0.2, 0) is 0 Å². The van der Waals surface area contributed by atoms with Crippen LogP contribution in [0.4, 0.5) is 0 Å². The van der Waals surface area contributed by atoms with Gasteiger partial charge in [-0.3, -0.25) is 5.10 Å². The molecule has 0 aromatic carbocycles. The van der Waals surface area contributed by atoms with Crippen molar-refractivity contribution in [1.82, 2.24) is 15.2 Å². The average Bonchev–Trinajstić information content (AvgIpc) is 2.59. The molecule has 72 valence electrons. The van der Waals surface area contributed by atoms with Crippen LogP contribution in [0.15, 0.2) is 17.3 Å². The fraction of sp³-hybridized carbons (Fsp3) is 0.125. The van der Waals surface area contributed by atoms with E-state index >= 15 is 0 Å². The van der Waals surface area contributed by atoms with E-state index in [1.807, 2.05) is 6.26 Å². The zero-order valence-electron chi connectivity index (χ0n) is 7.31. The van der Waals surface area contributed by atoms with E-state index in [1.54, 1.807) is 6.07 Å². The summed E-state index contributed by atoms with van der Waals surface area (Å²) in [5, 5.41) is 17.0. The molecule has 2 aromatic rings. The molecule has 0 bridgehead atoms. The number of aromatic amines is 1. The van der Waals surface area contributed by atoms with Crippen LogP contribution in [0.5, 0.6) is 0 Å². The second-order valence-corrected chi connectivity index (χ2v) is 3.45. The Hall–Kier alpha value is -1.56. The van der Waals surface area contributed by atoms with Crippen LogP contribution in [0.1, 0.15) is 10.4 Å². The molecule has 0 aliphatic rings. The van der Waals surface area contributed by atoms with Gasteiger partial charge in [-0.1, -0.05) is 0 Å². The van der Waals surface area contributed by atoms with Crippen LogP contribution in [0.3, 0.4) is 0 Å². The number of pyridine rings is 1. The van der Waals surface area contributed by atoms with Crippen molar-refractivity contribution in [2.75, 3.05) is 6.26 Å². The quantitative estimate of drug-likeness (QED) is 0.730. The third kappa shape index (κ3) is 1.33. The minimum atomic E-state index is -0.979. The highest BCUT2D eigenvalue weighted by Gasteiger charge is 2.09. The summed E-state index contributed by atoms with van der Waals surface area (Å²) in [6.07, 6.45) is 3.19. The second kappa shape index (κ2) is 3.30. The van der Waals surface area contributed by atoms with E-state index in [-0.39, 0.29) is 5.56 Å². The summed E-state index contributed by atoms with van der Waals surface area (Å²) in [4.78, 5) is 14.6. The van der Waals surface area contributed by atoms with Gasteiger partial charge in [0.05, 0.1) is 10.9 Å². The molecule has 2 heterocycles. The number of rotatable bonds is 2. The van der Waals surface area contributed by atoms with Gasteiger partial charge in [-0.25, -0.2) is 9.78 Å². The number of nitrogens with one attached hydrogen (secondary N) is 1. The number of aromatic carboxylic acids is 1. The summed E-state index contributed by atoms with van der Waals surface area (Å²) in [5.74, 6) is -0.979. The Balaban J connectivity index is 2.67. The van der Waals surface area contributed by atoms with Crippen molar-refractivity contribution < 1.29 is 9.90 Å². The molecule has 2 N–H and O–H groups in total. The molecule has 0 saturated heterocycles. The molecule has 5 nitrogen and oxygen atoms in total. The number of hydrogen-bond donors (Lipinski definition) is 2. The third-order valence-corrected chi connectivity index (χ3v) is 2.52. The van der Waals surface area contributed by atoms with Crippen molar-refractivity contribution in [3.8, 4) is 0 Å². The van der Waals surface area contributed by atoms with Crippen LogP contribution in [0, 0.1) is 0 Å². The van der Waals surface area contributed by atoms with Gasteiger partial charge < -0.3 is 5.11 Å². The highest BCUT2D eigenvalue weighted by Crippen LogP contribution is 2.22. The maximum atomic E-state index is 10.7. The Morgan fingerprint density at radius 2 is 2.43 bits per heavy atom. The molecule has 0 unspecified atom stereocenters. The first kappa shape index (κ1) is 9.01. The van der Waals surface area contributed by atoms with E-state index in [4.69, 9.17) is 5.11 Å². The molecule has 0 amide bonds. The van der Waals surface area contributed by atoms with Gasteiger partial charge in [-0.05, 0) is 12.3 Å². The minimum Gasteiger partial charge on any atom is -0.478 e. The molecule has 2 aromatic heterocycles. The SMILES string of the molecule is CSc1n[nH]c2ncc(C(=O)O)cc12. The average molecular weight is 209 g/mol. The molecule has 0 aliphatic heterocycles. The lowest BCUT2D eigenvalue weighted by Gasteiger charge is -1.94. The zero-order valence-corrected chi connectivity index (χ0v) is 8.13. The van der Waals surface area contributed by atoms with E-state index in [0.717, 1.165) is 10.4 Å². The van der Waals surface area contributed by atoms with Crippen LogP contribution in [-0.4, -0.2) is 32.5 Å². The Morgan fingerprint density at radius 1 is 1.64 bits per heavy atom. The second-order valence-electron chi connectivity index (χ2n) is 2.66. The number of aromatic nitrogens is 3. The summed E-state index contributed by atoms with van der Waals surface area (Å²) in [6, 6.07) is 1.57. The fourth-order valence-corrected chi connectivity index (χ4v) is 1.67. The number of carbonyl (C=O) groups is 1. The van der Waals surface area contributed by atoms with Crippen molar-refractivity contribution in [2.45, 2.75) is 5.03 Å². The first-order valence-corrected chi connectivity index (χ1v) is 5.06. The monoisotopic (exact) mass is 209 g/mol. The van der Waals surface area contributed by atoms with Crippen molar-refractivity contribution in [2.24, 2.45) is 0 Å². The number of fused-ring (bicyclic) bond motifs is 1. The number of carboxylic acid groups (broad SMARTS) is 1. The highest BCUT2D eigenvalue weighted by molar-refractivity contribution is 7.98. The lowest BCUT2D eigenvalue weighted by Crippen LogP contribution is -1.96. The molecule has 6 heteroatoms. The smallest absolute Gasteiger partial charge is 0.337 e. The van der Waals surface area contributed by atoms with Crippen molar-refractivity contribution in [3.63, 3.8) is 0 Å². The van der Waals surface area contributed by atoms with E-state index in [9.17, 15) is 4.79 Å². The normalized spacial score (nSPS) is 10.6. The molecular formula is C8H7N3O2S. The molecule has 0 fully saturated rings. The molecule has 0 atom stereocenters. The number of carboxylic acids is 1. The lowest BCUT2D eigenvalue weighted by atomic mass is 10.2. The lowest BCUT2D eigenvalue weighted by molar-refractivity contribution is 0.0696. The summed E-state index contributed by atoms with van der Waals surface area (Å²) in [7, 11) is 0. The standard InChI is InChI=1S/C8H7N3O2S/c1-14-7-5-2-4(8(12)13)3-9-6(5)10-11-7/h2-3H,1H3,(H,12,13)(H,9,10,11). The Kier molecular flexibility index (Phi) is 2.12. The number of thioether (sulfide) groups is 1. The van der Waals surface area contributed by atoms with E-state index in [0.29, 0.717) is 5.65 Å². The van der Waals surface area contributed by atoms with Crippen molar-refractivity contribution in [1.29, 1.82) is 0 Å². The van der Waals surface area contributed by atoms with Crippen LogP contribution >= 0.6 is 11.8 Å². The minimum absolute atomic E-state index is 0.175. The van der Waals surface area contributed by atoms with Gasteiger partial charge >= 0.3 is 5.97 Å². The van der Waals surface area contributed by atoms with E-state index < -0.39 is 5.97 Å². The largest absolute Gasteiger partial charge is 0.478 e. The van der Waals surface area contributed by atoms with Crippen LogP contribution in [0.25, 0.3) is 11.0 Å². The van der Waals surface area contributed by atoms with Gasteiger partial charge in [-0.15, -0.1) is 11.8 Å². The molecule has 0 saturated carbocycles. The molecular weight excluding hydrogens is 202 g/mol. The maximum Gasteiger partial charge on any atom is 0.337 e. The predicted octanol–water partition coefficient (Wildman–Crippen LogP) is 1.38. The zero-order chi connectivity index (χ0) is 10.1. The molecule has 0 spiro atoms. The number of H-pyrrole nitrogens is 1. The van der Waals surface area contributed by atoms with Gasteiger partial charge in [0.25, 0.3) is 0 Å². The number of nitrogens with zero attached hydrogens (tertiary/aromatic N) is 2. The summed E-state index contributed by atoms with van der Waals surface area (Å²) >= 11 is 1.45. The fourth-order valence-electron chi connectivity index (χ4n) is 1.15. The molecule has 2 rings (SSSR count). The highest BCUT2D eigenvalue weighted by atomic mass is 32.2. The maximum absolute atomic E-state index is 10.7. The Morgan fingerprint density at radius 3 is 3.07 bits per heavy atom. The summed E-state index contributed by atoms with van der Waals surface area (Å²) in [6.45, 7) is 0. The Bertz CT molecular complexity index is 494. The van der Waals surface area contributed by atoms with Gasteiger partial charge in [0.15, 0.2) is 5.65 Å². The van der Waals surface area contributed by atoms with Gasteiger partial charge in [0.2, 0.25) is 0 Å². The first-order chi connectivity index (χ1) is 6.72. The first-order valence-electron chi connectivity index (χ1n) is 3.84. The van der Waals surface area contributed by atoms with Crippen LogP contribution in [0.2, 0.25) is 0 Å². The van der Waals surface area contributed by atoms with Gasteiger partial charge in [0, 0.05) is 6.20 Å². The van der Waals surface area contributed by atoms with Gasteiger partial charge in [-0.2, -0.15) is 5.10 Å². The Labute approximate surface area is 83.5 Å². The summed E-state index contributed by atoms with van der Waals surface area (Å²) in [5.41, 5.74) is 0.786. The van der Waals surface area contributed by atoms with Crippen molar-refractivity contribution >= 4 is 28.8 Å². The van der Waals surface area contributed by atoms with Crippen LogP contribution < -0.4 is 0 Å². The summed E-state index contributed by atoms with van der Waals surface area (Å²) < 4.78 is 0. The van der Waals surface area contributed by atoms with Crippen molar-refractivity contribution in [3.05, 3.63) is 17.8 Å². The molecule has 14 heavy (non-hydrogen) atoms.